The van der Waals surface area contributed by atoms with E-state index in [-0.39, 0.29) is 23.0 Å². The zero-order chi connectivity index (χ0) is 14.6. The van der Waals surface area contributed by atoms with Crippen LogP contribution in [0.5, 0.6) is 0 Å². The van der Waals surface area contributed by atoms with Crippen LogP contribution in [0.15, 0.2) is 21.5 Å². The number of aromatic nitrogens is 1. The second-order valence-electron chi connectivity index (χ2n) is 5.42. The van der Waals surface area contributed by atoms with Crippen LogP contribution < -0.4 is 10.3 Å². The molecule has 1 aromatic heterocycles. The summed E-state index contributed by atoms with van der Waals surface area (Å²) in [5, 5.41) is 9.19. The molecule has 0 aromatic carbocycles. The standard InChI is InChI=1S/C13H21BrN2O2S/c1-13(2,3)19-15-11(5-6-17)9-7-12(18)16(4)8-10(9)14/h7-8,11,15,17H,5-6H2,1-4H3/t11-/m0/s1. The molecule has 2 N–H and O–H groups in total. The highest BCUT2D eigenvalue weighted by atomic mass is 79.9. The number of rotatable bonds is 5. The largest absolute Gasteiger partial charge is 0.396 e. The maximum absolute atomic E-state index is 11.7. The van der Waals surface area contributed by atoms with Crippen molar-refractivity contribution in [1.29, 1.82) is 0 Å². The summed E-state index contributed by atoms with van der Waals surface area (Å²) in [6.07, 6.45) is 2.32. The average molecular weight is 349 g/mol. The van der Waals surface area contributed by atoms with Gasteiger partial charge in [0.2, 0.25) is 0 Å². The van der Waals surface area contributed by atoms with Crippen molar-refractivity contribution in [2.45, 2.75) is 38.0 Å². The molecule has 0 radical (unpaired) electrons. The number of hydrogen-bond donors (Lipinski definition) is 2. The smallest absolute Gasteiger partial charge is 0.250 e. The maximum atomic E-state index is 11.7. The highest BCUT2D eigenvalue weighted by Gasteiger charge is 2.19. The summed E-state index contributed by atoms with van der Waals surface area (Å²) in [6, 6.07) is 1.55. The molecule has 0 aliphatic heterocycles. The van der Waals surface area contributed by atoms with Gasteiger partial charge in [0, 0.05) is 41.2 Å². The van der Waals surface area contributed by atoms with Crippen LogP contribution in [0.1, 0.15) is 38.8 Å². The molecule has 0 saturated carbocycles. The van der Waals surface area contributed by atoms with Crippen molar-refractivity contribution < 1.29 is 5.11 Å². The van der Waals surface area contributed by atoms with Crippen LogP contribution in [0.25, 0.3) is 0 Å². The third-order valence-electron chi connectivity index (χ3n) is 2.51. The van der Waals surface area contributed by atoms with Crippen molar-refractivity contribution in [1.82, 2.24) is 9.29 Å². The lowest BCUT2D eigenvalue weighted by Crippen LogP contribution is -2.25. The van der Waals surface area contributed by atoms with Gasteiger partial charge >= 0.3 is 0 Å². The van der Waals surface area contributed by atoms with E-state index in [0.29, 0.717) is 6.42 Å². The molecule has 1 heterocycles. The third-order valence-corrected chi connectivity index (χ3v) is 4.19. The molecule has 0 bridgehead atoms. The van der Waals surface area contributed by atoms with E-state index in [1.54, 1.807) is 31.3 Å². The van der Waals surface area contributed by atoms with Crippen LogP contribution in [-0.2, 0) is 7.05 Å². The van der Waals surface area contributed by atoms with Gasteiger partial charge in [-0.1, -0.05) is 11.9 Å². The second-order valence-corrected chi connectivity index (χ2v) is 7.94. The molecule has 0 unspecified atom stereocenters. The Bertz CT molecular complexity index is 483. The molecule has 4 nitrogen and oxygen atoms in total. The van der Waals surface area contributed by atoms with Crippen molar-refractivity contribution in [2.75, 3.05) is 6.61 Å². The fourth-order valence-corrected chi connectivity index (χ4v) is 2.97. The number of nitrogens with one attached hydrogen (secondary N) is 1. The molecular formula is C13H21BrN2O2S. The van der Waals surface area contributed by atoms with E-state index in [9.17, 15) is 9.90 Å². The van der Waals surface area contributed by atoms with Crippen LogP contribution in [-0.4, -0.2) is 21.0 Å². The molecule has 1 aromatic rings. The van der Waals surface area contributed by atoms with Crippen LogP contribution in [0.4, 0.5) is 0 Å². The maximum Gasteiger partial charge on any atom is 0.250 e. The minimum absolute atomic E-state index is 0.0521. The Hall–Kier alpha value is -0.300. The van der Waals surface area contributed by atoms with Crippen LogP contribution in [0.3, 0.4) is 0 Å². The van der Waals surface area contributed by atoms with Gasteiger partial charge in [-0.2, -0.15) is 0 Å². The van der Waals surface area contributed by atoms with Gasteiger partial charge in [0.15, 0.2) is 0 Å². The number of aryl methyl sites for hydroxylation is 1. The van der Waals surface area contributed by atoms with Crippen LogP contribution in [0, 0.1) is 0 Å². The lowest BCUT2D eigenvalue weighted by Gasteiger charge is -2.24. The lowest BCUT2D eigenvalue weighted by molar-refractivity contribution is 0.273. The molecule has 0 amide bonds. The number of nitrogens with zero attached hydrogens (tertiary/aromatic N) is 1. The molecule has 1 rings (SSSR count). The van der Waals surface area contributed by atoms with E-state index in [4.69, 9.17) is 0 Å². The first-order valence-corrected chi connectivity index (χ1v) is 7.76. The van der Waals surface area contributed by atoms with Crippen molar-refractivity contribution in [3.05, 3.63) is 32.7 Å². The lowest BCUT2D eigenvalue weighted by atomic mass is 10.1. The Balaban J connectivity index is 2.99. The summed E-state index contributed by atoms with van der Waals surface area (Å²) < 4.78 is 5.81. The van der Waals surface area contributed by atoms with E-state index in [2.05, 4.69) is 41.4 Å². The normalized spacial score (nSPS) is 13.6. The van der Waals surface area contributed by atoms with Crippen LogP contribution in [0.2, 0.25) is 0 Å². The third kappa shape index (κ3) is 5.30. The Kier molecular flexibility index (Phi) is 6.11. The number of aliphatic hydroxyl groups is 1. The number of aliphatic hydroxyl groups excluding tert-OH is 1. The molecular weight excluding hydrogens is 328 g/mol. The highest BCUT2D eigenvalue weighted by molar-refractivity contribution is 9.10. The summed E-state index contributed by atoms with van der Waals surface area (Å²) in [6.45, 7) is 6.41. The van der Waals surface area contributed by atoms with E-state index >= 15 is 0 Å². The number of hydrogen-bond acceptors (Lipinski definition) is 4. The first-order chi connectivity index (χ1) is 8.74. The predicted octanol–water partition coefficient (Wildman–Crippen LogP) is 2.61. The van der Waals surface area contributed by atoms with Gasteiger partial charge < -0.3 is 9.67 Å². The fraction of sp³-hybridized carbons (Fsp3) is 0.615. The quantitative estimate of drug-likeness (QED) is 0.803. The van der Waals surface area contributed by atoms with Crippen LogP contribution >= 0.6 is 27.9 Å². The average Bonchev–Trinajstić information content (AvgIpc) is 2.28. The number of halogens is 1. The molecule has 0 aliphatic carbocycles. The van der Waals surface area contributed by atoms with Gasteiger partial charge in [-0.05, 0) is 48.7 Å². The zero-order valence-electron chi connectivity index (χ0n) is 11.7. The van der Waals surface area contributed by atoms with E-state index < -0.39 is 0 Å². The van der Waals surface area contributed by atoms with Gasteiger partial charge in [-0.25, -0.2) is 0 Å². The first-order valence-electron chi connectivity index (χ1n) is 6.15. The van der Waals surface area contributed by atoms with E-state index in [0.717, 1.165) is 10.0 Å². The SMILES string of the molecule is Cn1cc(Br)c([C@H](CCO)NSC(C)(C)C)cc1=O. The van der Waals surface area contributed by atoms with Crippen molar-refractivity contribution in [3.8, 4) is 0 Å². The van der Waals surface area contributed by atoms with Crippen molar-refractivity contribution in [3.63, 3.8) is 0 Å². The molecule has 0 aliphatic rings. The first kappa shape index (κ1) is 16.8. The predicted molar refractivity (Wildman–Crippen MR) is 84.3 cm³/mol. The topological polar surface area (TPSA) is 54.3 Å². The Morgan fingerprint density at radius 1 is 1.53 bits per heavy atom. The van der Waals surface area contributed by atoms with Gasteiger partial charge in [0.25, 0.3) is 5.56 Å². The minimum Gasteiger partial charge on any atom is -0.396 e. The summed E-state index contributed by atoms with van der Waals surface area (Å²) in [5.74, 6) is 0. The zero-order valence-corrected chi connectivity index (χ0v) is 14.1. The summed E-state index contributed by atoms with van der Waals surface area (Å²) >= 11 is 5.09. The molecule has 0 spiro atoms. The van der Waals surface area contributed by atoms with Gasteiger partial charge in [-0.3, -0.25) is 9.52 Å². The molecule has 6 heteroatoms. The number of pyridine rings is 1. The van der Waals surface area contributed by atoms with Crippen molar-refractivity contribution >= 4 is 27.9 Å². The Morgan fingerprint density at radius 2 is 2.16 bits per heavy atom. The van der Waals surface area contributed by atoms with Gasteiger partial charge in [0.1, 0.15) is 0 Å². The van der Waals surface area contributed by atoms with Gasteiger partial charge in [-0.15, -0.1) is 0 Å². The molecule has 1 atom stereocenters. The minimum atomic E-state index is -0.0579. The summed E-state index contributed by atoms with van der Waals surface area (Å²) in [4.78, 5) is 11.7. The van der Waals surface area contributed by atoms with E-state index in [1.807, 2.05) is 0 Å². The molecule has 19 heavy (non-hydrogen) atoms. The summed E-state index contributed by atoms with van der Waals surface area (Å²) in [5.41, 5.74) is 0.831. The second kappa shape index (κ2) is 6.92. The monoisotopic (exact) mass is 348 g/mol. The van der Waals surface area contributed by atoms with E-state index in [1.165, 1.54) is 4.57 Å². The molecule has 108 valence electrons. The fourth-order valence-electron chi connectivity index (χ4n) is 1.53. The summed E-state index contributed by atoms with van der Waals surface area (Å²) in [7, 11) is 1.72. The Morgan fingerprint density at radius 3 is 2.68 bits per heavy atom. The van der Waals surface area contributed by atoms with Gasteiger partial charge in [0.05, 0.1) is 0 Å². The molecule has 0 fully saturated rings. The molecule has 0 saturated heterocycles. The highest BCUT2D eigenvalue weighted by Crippen LogP contribution is 2.29. The van der Waals surface area contributed by atoms with Crippen molar-refractivity contribution in [2.24, 2.45) is 7.05 Å². The Labute approximate surface area is 126 Å².